The minimum absolute atomic E-state index is 0.00961. The van der Waals surface area contributed by atoms with Gasteiger partial charge in [0.2, 0.25) is 0 Å². The standard InChI is InChI=1S/C38H75N5O2/c1-33(2)25-31(26-34(3,4)41-33)45-32(44)19-18-28(27-40-30-23-37(9,10)43(14)38(11,12)24-30)17-15-16-20-39-29-21-35(5,6)42(13)36(7,8)22-29/h28-31,39-41H,15-27H2,1-14H3. The topological polar surface area (TPSA) is 68.9 Å². The van der Waals surface area contributed by atoms with E-state index in [1.165, 1.54) is 25.7 Å². The molecule has 7 heteroatoms. The molecule has 0 saturated carbocycles. The van der Waals surface area contributed by atoms with Crippen molar-refractivity contribution < 1.29 is 9.53 Å². The minimum atomic E-state index is -0.0259. The highest BCUT2D eigenvalue weighted by Crippen LogP contribution is 2.38. The van der Waals surface area contributed by atoms with Gasteiger partial charge in [-0.2, -0.15) is 0 Å². The van der Waals surface area contributed by atoms with E-state index >= 15 is 0 Å². The first kappa shape index (κ1) is 38.7. The summed E-state index contributed by atoms with van der Waals surface area (Å²) >= 11 is 0. The van der Waals surface area contributed by atoms with Crippen molar-refractivity contribution in [1.82, 2.24) is 25.8 Å². The maximum absolute atomic E-state index is 13.1. The quantitative estimate of drug-likeness (QED) is 0.151. The molecule has 0 amide bonds. The highest BCUT2D eigenvalue weighted by atomic mass is 16.5. The van der Waals surface area contributed by atoms with Crippen molar-refractivity contribution in [3.8, 4) is 0 Å². The van der Waals surface area contributed by atoms with Crippen LogP contribution >= 0.6 is 0 Å². The number of piperidine rings is 3. The molecule has 0 radical (unpaired) electrons. The lowest BCUT2D eigenvalue weighted by Gasteiger charge is -2.54. The molecule has 1 atom stereocenters. The number of likely N-dealkylation sites (tertiary alicyclic amines) is 2. The van der Waals surface area contributed by atoms with Gasteiger partial charge in [0.15, 0.2) is 0 Å². The van der Waals surface area contributed by atoms with Gasteiger partial charge in [-0.3, -0.25) is 14.6 Å². The van der Waals surface area contributed by atoms with E-state index < -0.39 is 0 Å². The summed E-state index contributed by atoms with van der Waals surface area (Å²) in [5.74, 6) is 0.458. The Morgan fingerprint density at radius 2 is 1.13 bits per heavy atom. The number of nitrogens with one attached hydrogen (secondary N) is 3. The molecule has 3 rings (SSSR count). The van der Waals surface area contributed by atoms with E-state index in [1.54, 1.807) is 0 Å². The fourth-order valence-electron chi connectivity index (χ4n) is 9.46. The second-order valence-corrected chi connectivity index (χ2v) is 19.3. The zero-order valence-electron chi connectivity index (χ0n) is 32.2. The van der Waals surface area contributed by atoms with Gasteiger partial charge in [-0.25, -0.2) is 0 Å². The van der Waals surface area contributed by atoms with E-state index in [-0.39, 0.29) is 45.3 Å². The number of rotatable bonds is 13. The fourth-order valence-corrected chi connectivity index (χ4v) is 9.46. The highest BCUT2D eigenvalue weighted by Gasteiger charge is 2.44. The molecule has 45 heavy (non-hydrogen) atoms. The van der Waals surface area contributed by atoms with Crippen LogP contribution in [0.3, 0.4) is 0 Å². The Hall–Kier alpha value is -0.730. The maximum Gasteiger partial charge on any atom is 0.306 e. The van der Waals surface area contributed by atoms with Crippen LogP contribution in [0, 0.1) is 5.92 Å². The zero-order chi connectivity index (χ0) is 34.1. The van der Waals surface area contributed by atoms with Gasteiger partial charge < -0.3 is 20.7 Å². The van der Waals surface area contributed by atoms with Crippen LogP contribution in [0.15, 0.2) is 0 Å². The normalized spacial score (nSPS) is 27.7. The second kappa shape index (κ2) is 14.4. The Morgan fingerprint density at radius 3 is 1.60 bits per heavy atom. The summed E-state index contributed by atoms with van der Waals surface area (Å²) in [5.41, 5.74) is 0.697. The van der Waals surface area contributed by atoms with Crippen molar-refractivity contribution in [1.29, 1.82) is 0 Å². The molecule has 0 bridgehead atoms. The molecule has 0 aromatic rings. The van der Waals surface area contributed by atoms with Crippen molar-refractivity contribution in [3.05, 3.63) is 0 Å². The molecule has 0 aromatic carbocycles. The zero-order valence-corrected chi connectivity index (χ0v) is 32.2. The fraction of sp³-hybridized carbons (Fsp3) is 0.974. The molecule has 0 spiro atoms. The predicted molar refractivity (Wildman–Crippen MR) is 191 cm³/mol. The first-order valence-electron chi connectivity index (χ1n) is 18.4. The first-order valence-corrected chi connectivity index (χ1v) is 18.4. The number of hydrogen-bond acceptors (Lipinski definition) is 7. The van der Waals surface area contributed by atoms with E-state index in [9.17, 15) is 4.79 Å². The highest BCUT2D eigenvalue weighted by molar-refractivity contribution is 5.69. The van der Waals surface area contributed by atoms with Crippen LogP contribution < -0.4 is 16.0 Å². The third-order valence-corrected chi connectivity index (χ3v) is 12.0. The molecule has 264 valence electrons. The van der Waals surface area contributed by atoms with E-state index in [4.69, 9.17) is 4.74 Å². The molecular formula is C38H75N5O2. The van der Waals surface area contributed by atoms with Crippen LogP contribution in [0.25, 0.3) is 0 Å². The van der Waals surface area contributed by atoms with E-state index in [0.29, 0.717) is 24.4 Å². The summed E-state index contributed by atoms with van der Waals surface area (Å²) in [5, 5.41) is 11.6. The molecular weight excluding hydrogens is 558 g/mol. The minimum Gasteiger partial charge on any atom is -0.462 e. The van der Waals surface area contributed by atoms with Crippen LogP contribution in [-0.4, -0.2) is 94.4 Å². The third-order valence-electron chi connectivity index (χ3n) is 12.0. The predicted octanol–water partition coefficient (Wildman–Crippen LogP) is 6.89. The average Bonchev–Trinajstić information content (AvgIpc) is 2.84. The lowest BCUT2D eigenvalue weighted by atomic mass is 9.77. The van der Waals surface area contributed by atoms with Crippen molar-refractivity contribution in [3.63, 3.8) is 0 Å². The van der Waals surface area contributed by atoms with Gasteiger partial charge in [0.1, 0.15) is 6.10 Å². The van der Waals surface area contributed by atoms with Crippen molar-refractivity contribution in [2.24, 2.45) is 5.92 Å². The van der Waals surface area contributed by atoms with Gasteiger partial charge in [-0.15, -0.1) is 0 Å². The molecule has 3 aliphatic rings. The van der Waals surface area contributed by atoms with E-state index in [1.807, 2.05) is 0 Å². The molecule has 3 saturated heterocycles. The molecule has 0 aliphatic carbocycles. The van der Waals surface area contributed by atoms with Crippen LogP contribution in [0.4, 0.5) is 0 Å². The van der Waals surface area contributed by atoms with Gasteiger partial charge in [0.05, 0.1) is 0 Å². The van der Waals surface area contributed by atoms with Gasteiger partial charge in [0, 0.05) is 64.6 Å². The average molecular weight is 634 g/mol. The molecule has 3 fully saturated rings. The molecule has 1 unspecified atom stereocenters. The maximum atomic E-state index is 13.1. The van der Waals surface area contributed by atoms with Crippen molar-refractivity contribution >= 4 is 5.97 Å². The first-order chi connectivity index (χ1) is 20.4. The number of carbonyl (C=O) groups excluding carboxylic acids is 1. The number of unbranched alkanes of at least 4 members (excludes halogenated alkanes) is 1. The Morgan fingerprint density at radius 1 is 0.689 bits per heavy atom. The second-order valence-electron chi connectivity index (χ2n) is 19.3. The Labute approximate surface area is 279 Å². The Balaban J connectivity index is 1.53. The smallest absolute Gasteiger partial charge is 0.306 e. The number of esters is 1. The number of ether oxygens (including phenoxy) is 1. The summed E-state index contributed by atoms with van der Waals surface area (Å²) in [7, 11) is 4.55. The SMILES string of the molecule is CN1C(C)(C)CC(NCCCCC(CCC(=O)OC2CC(C)(C)NC(C)(C)C2)CNC2CC(C)(C)N(C)C(C)(C)C2)CC1(C)C. The molecule has 0 aromatic heterocycles. The van der Waals surface area contributed by atoms with Gasteiger partial charge in [0.25, 0.3) is 0 Å². The van der Waals surface area contributed by atoms with Gasteiger partial charge >= 0.3 is 5.97 Å². The molecule has 3 N–H and O–H groups in total. The monoisotopic (exact) mass is 634 g/mol. The van der Waals surface area contributed by atoms with Crippen LogP contribution in [0.2, 0.25) is 0 Å². The Bertz CT molecular complexity index is 919. The van der Waals surface area contributed by atoms with E-state index in [2.05, 4.69) is 123 Å². The van der Waals surface area contributed by atoms with Crippen molar-refractivity contribution in [2.75, 3.05) is 27.2 Å². The van der Waals surface area contributed by atoms with Crippen molar-refractivity contribution in [2.45, 2.75) is 205 Å². The molecule has 3 heterocycles. The number of nitrogens with zero attached hydrogens (tertiary/aromatic N) is 2. The van der Waals surface area contributed by atoms with Crippen LogP contribution in [-0.2, 0) is 9.53 Å². The van der Waals surface area contributed by atoms with Gasteiger partial charge in [-0.1, -0.05) is 6.42 Å². The number of hydrogen-bond donors (Lipinski definition) is 3. The lowest BCUT2D eigenvalue weighted by Crippen LogP contribution is -2.62. The summed E-state index contributed by atoms with van der Waals surface area (Å²) in [4.78, 5) is 18.3. The Kier molecular flexibility index (Phi) is 12.4. The van der Waals surface area contributed by atoms with Crippen LogP contribution in [0.1, 0.15) is 154 Å². The summed E-state index contributed by atoms with van der Waals surface area (Å²) in [6.07, 6.45) is 11.3. The van der Waals surface area contributed by atoms with Crippen LogP contribution in [0.5, 0.6) is 0 Å². The van der Waals surface area contributed by atoms with E-state index in [0.717, 1.165) is 51.6 Å². The summed E-state index contributed by atoms with van der Waals surface area (Å²) < 4.78 is 6.11. The van der Waals surface area contributed by atoms with Gasteiger partial charge in [-0.05, 0) is 161 Å². The largest absolute Gasteiger partial charge is 0.462 e. The third kappa shape index (κ3) is 11.2. The molecule has 3 aliphatic heterocycles. The summed E-state index contributed by atoms with van der Waals surface area (Å²) in [6.45, 7) is 29.9. The lowest BCUT2D eigenvalue weighted by molar-refractivity contribution is -0.153. The molecule has 7 nitrogen and oxygen atoms in total. The number of carbonyl (C=O) groups is 1. The summed E-state index contributed by atoms with van der Waals surface area (Å²) in [6, 6.07) is 1.07.